The van der Waals surface area contributed by atoms with Crippen molar-refractivity contribution in [2.24, 2.45) is 11.8 Å². The minimum atomic E-state index is 0.104. The van der Waals surface area contributed by atoms with Crippen molar-refractivity contribution < 1.29 is 9.59 Å². The Balaban J connectivity index is 1.46. The van der Waals surface area contributed by atoms with Gasteiger partial charge in [-0.25, -0.2) is 0 Å². The topological polar surface area (TPSA) is 40.6 Å². The standard InChI is InChI=1S/C25H30N2O2/c1-26-16-8-7-12-22(24(26)28)20-14-17-27(18-15-20)25(29)23-13-6-5-11-21(23)19-9-3-2-4-10-19/h2-6,9-11,13,20,22H,7-8,12,14-18H2,1H3/t22-/m1/s1. The zero-order valence-corrected chi connectivity index (χ0v) is 17.2. The van der Waals surface area contributed by atoms with Gasteiger partial charge in [-0.1, -0.05) is 55.0 Å². The minimum absolute atomic E-state index is 0.104. The summed E-state index contributed by atoms with van der Waals surface area (Å²) in [6.07, 6.45) is 5.07. The third-order valence-corrected chi connectivity index (χ3v) is 6.59. The average molecular weight is 391 g/mol. The second-order valence-electron chi connectivity index (χ2n) is 8.40. The lowest BCUT2D eigenvalue weighted by Crippen LogP contribution is -2.43. The summed E-state index contributed by atoms with van der Waals surface area (Å²) in [5.41, 5.74) is 2.82. The minimum Gasteiger partial charge on any atom is -0.346 e. The van der Waals surface area contributed by atoms with Gasteiger partial charge < -0.3 is 9.80 Å². The molecule has 2 aromatic carbocycles. The van der Waals surface area contributed by atoms with Crippen LogP contribution in [0, 0.1) is 11.8 Å². The van der Waals surface area contributed by atoms with Gasteiger partial charge in [-0.2, -0.15) is 0 Å². The van der Waals surface area contributed by atoms with Gasteiger partial charge in [0.25, 0.3) is 5.91 Å². The molecule has 4 nitrogen and oxygen atoms in total. The Morgan fingerprint density at radius 3 is 2.31 bits per heavy atom. The van der Waals surface area contributed by atoms with Gasteiger partial charge in [0, 0.05) is 38.2 Å². The maximum absolute atomic E-state index is 13.3. The highest BCUT2D eigenvalue weighted by Crippen LogP contribution is 2.33. The Morgan fingerprint density at radius 2 is 1.55 bits per heavy atom. The van der Waals surface area contributed by atoms with Crippen molar-refractivity contribution in [2.75, 3.05) is 26.7 Å². The normalized spacial score (nSPS) is 21.1. The zero-order chi connectivity index (χ0) is 20.2. The van der Waals surface area contributed by atoms with Crippen molar-refractivity contribution in [3.8, 4) is 11.1 Å². The zero-order valence-electron chi connectivity index (χ0n) is 17.2. The van der Waals surface area contributed by atoms with E-state index in [1.807, 2.05) is 71.4 Å². The van der Waals surface area contributed by atoms with E-state index in [2.05, 4.69) is 0 Å². The van der Waals surface area contributed by atoms with E-state index in [4.69, 9.17) is 0 Å². The second-order valence-corrected chi connectivity index (χ2v) is 8.40. The summed E-state index contributed by atoms with van der Waals surface area (Å²) in [5, 5.41) is 0. The highest BCUT2D eigenvalue weighted by Gasteiger charge is 2.35. The van der Waals surface area contributed by atoms with E-state index in [-0.39, 0.29) is 11.8 Å². The number of likely N-dealkylation sites (tertiary alicyclic amines) is 2. The van der Waals surface area contributed by atoms with Crippen molar-refractivity contribution in [3.05, 3.63) is 60.2 Å². The Hall–Kier alpha value is -2.62. The fraction of sp³-hybridized carbons (Fsp3) is 0.440. The first-order valence-corrected chi connectivity index (χ1v) is 10.8. The van der Waals surface area contributed by atoms with Crippen LogP contribution in [0.15, 0.2) is 54.6 Å². The van der Waals surface area contributed by atoms with Crippen LogP contribution in [0.4, 0.5) is 0 Å². The van der Waals surface area contributed by atoms with Crippen LogP contribution < -0.4 is 0 Å². The molecule has 0 aromatic heterocycles. The van der Waals surface area contributed by atoms with E-state index < -0.39 is 0 Å². The number of carbonyl (C=O) groups excluding carboxylic acids is 2. The Bertz CT molecular complexity index is 856. The SMILES string of the molecule is CN1CCCC[C@H](C2CCN(C(=O)c3ccccc3-c3ccccc3)CC2)C1=O. The number of rotatable bonds is 3. The summed E-state index contributed by atoms with van der Waals surface area (Å²) in [4.78, 5) is 29.9. The Kier molecular flexibility index (Phi) is 5.98. The summed E-state index contributed by atoms with van der Waals surface area (Å²) in [6.45, 7) is 2.35. The molecule has 2 aliphatic rings. The molecule has 152 valence electrons. The highest BCUT2D eigenvalue weighted by molar-refractivity contribution is 6.01. The van der Waals surface area contributed by atoms with Crippen LogP contribution in [0.2, 0.25) is 0 Å². The molecule has 2 fully saturated rings. The molecule has 0 N–H and O–H groups in total. The van der Waals surface area contributed by atoms with E-state index in [0.717, 1.165) is 68.4 Å². The van der Waals surface area contributed by atoms with E-state index >= 15 is 0 Å². The lowest BCUT2D eigenvalue weighted by Gasteiger charge is -2.36. The van der Waals surface area contributed by atoms with E-state index in [1.54, 1.807) is 0 Å². The number of nitrogens with zero attached hydrogens (tertiary/aromatic N) is 2. The molecule has 2 heterocycles. The van der Waals surface area contributed by atoms with Gasteiger partial charge in [0.15, 0.2) is 0 Å². The van der Waals surface area contributed by atoms with Crippen LogP contribution in [0.25, 0.3) is 11.1 Å². The largest absolute Gasteiger partial charge is 0.346 e. The van der Waals surface area contributed by atoms with Crippen LogP contribution in [-0.4, -0.2) is 48.3 Å². The number of hydrogen-bond acceptors (Lipinski definition) is 2. The van der Waals surface area contributed by atoms with Crippen molar-refractivity contribution >= 4 is 11.8 Å². The van der Waals surface area contributed by atoms with Gasteiger partial charge in [0.1, 0.15) is 0 Å². The van der Waals surface area contributed by atoms with E-state index in [0.29, 0.717) is 11.8 Å². The quantitative estimate of drug-likeness (QED) is 0.776. The molecular weight excluding hydrogens is 360 g/mol. The number of benzene rings is 2. The van der Waals surface area contributed by atoms with Crippen LogP contribution in [-0.2, 0) is 4.79 Å². The van der Waals surface area contributed by atoms with Crippen molar-refractivity contribution in [1.29, 1.82) is 0 Å². The fourth-order valence-electron chi connectivity index (χ4n) is 4.88. The molecule has 1 atom stereocenters. The molecule has 2 saturated heterocycles. The van der Waals surface area contributed by atoms with Crippen LogP contribution in [0.3, 0.4) is 0 Å². The van der Waals surface area contributed by atoms with Crippen molar-refractivity contribution in [1.82, 2.24) is 9.80 Å². The molecule has 2 amide bonds. The predicted octanol–water partition coefficient (Wildman–Crippen LogP) is 4.46. The molecule has 0 radical (unpaired) electrons. The van der Waals surface area contributed by atoms with Gasteiger partial charge in [-0.05, 0) is 48.8 Å². The maximum atomic E-state index is 13.3. The van der Waals surface area contributed by atoms with Gasteiger partial charge in [-0.15, -0.1) is 0 Å². The molecule has 4 heteroatoms. The van der Waals surface area contributed by atoms with Gasteiger partial charge in [-0.3, -0.25) is 9.59 Å². The van der Waals surface area contributed by atoms with Gasteiger partial charge >= 0.3 is 0 Å². The molecule has 0 spiro atoms. The molecule has 29 heavy (non-hydrogen) atoms. The van der Waals surface area contributed by atoms with Gasteiger partial charge in [0.2, 0.25) is 5.91 Å². The Labute approximate surface area is 173 Å². The lowest BCUT2D eigenvalue weighted by atomic mass is 9.81. The monoisotopic (exact) mass is 390 g/mol. The number of hydrogen-bond donors (Lipinski definition) is 0. The molecule has 2 aliphatic heterocycles. The molecular formula is C25H30N2O2. The summed E-state index contributed by atoms with van der Waals surface area (Å²) in [7, 11) is 1.93. The molecule has 4 rings (SSSR count). The third kappa shape index (κ3) is 4.21. The average Bonchev–Trinajstić information content (AvgIpc) is 2.95. The maximum Gasteiger partial charge on any atom is 0.254 e. The van der Waals surface area contributed by atoms with Crippen LogP contribution >= 0.6 is 0 Å². The van der Waals surface area contributed by atoms with Crippen LogP contribution in [0.5, 0.6) is 0 Å². The first-order valence-electron chi connectivity index (χ1n) is 10.8. The number of amides is 2. The highest BCUT2D eigenvalue weighted by atomic mass is 16.2. The van der Waals surface area contributed by atoms with E-state index in [9.17, 15) is 9.59 Å². The molecule has 0 bridgehead atoms. The van der Waals surface area contributed by atoms with Crippen molar-refractivity contribution in [2.45, 2.75) is 32.1 Å². The number of piperidine rings is 1. The molecule has 0 aliphatic carbocycles. The molecule has 2 aromatic rings. The third-order valence-electron chi connectivity index (χ3n) is 6.59. The van der Waals surface area contributed by atoms with E-state index in [1.165, 1.54) is 0 Å². The summed E-state index contributed by atoms with van der Waals surface area (Å²) < 4.78 is 0. The summed E-state index contributed by atoms with van der Waals surface area (Å²) in [6, 6.07) is 18.0. The van der Waals surface area contributed by atoms with Gasteiger partial charge in [0.05, 0.1) is 0 Å². The van der Waals surface area contributed by atoms with Crippen LogP contribution in [0.1, 0.15) is 42.5 Å². The lowest BCUT2D eigenvalue weighted by molar-refractivity contribution is -0.135. The fourth-order valence-corrected chi connectivity index (χ4v) is 4.88. The molecule has 0 saturated carbocycles. The first kappa shape index (κ1) is 19.7. The summed E-state index contributed by atoms with van der Waals surface area (Å²) in [5.74, 6) is 0.946. The second kappa shape index (κ2) is 8.81. The van der Waals surface area contributed by atoms with Crippen molar-refractivity contribution in [3.63, 3.8) is 0 Å². The Morgan fingerprint density at radius 1 is 0.862 bits per heavy atom. The molecule has 0 unspecified atom stereocenters. The summed E-state index contributed by atoms with van der Waals surface area (Å²) >= 11 is 0. The predicted molar refractivity (Wildman–Crippen MR) is 115 cm³/mol. The number of carbonyl (C=O) groups is 2. The first-order chi connectivity index (χ1) is 14.1. The smallest absolute Gasteiger partial charge is 0.254 e.